The van der Waals surface area contributed by atoms with E-state index < -0.39 is 11.9 Å². The number of ether oxygens (including phenoxy) is 4. The van der Waals surface area contributed by atoms with Crippen molar-refractivity contribution in [2.24, 2.45) is 4.99 Å². The van der Waals surface area contributed by atoms with Gasteiger partial charge in [0.05, 0.1) is 23.9 Å². The van der Waals surface area contributed by atoms with Crippen LogP contribution in [-0.2, 0) is 16.1 Å². The molecule has 0 saturated carbocycles. The molecule has 0 unspecified atom stereocenters. The molecule has 0 spiro atoms. The Balaban J connectivity index is 1.83. The van der Waals surface area contributed by atoms with E-state index >= 15 is 0 Å². The van der Waals surface area contributed by atoms with Gasteiger partial charge in [-0.05, 0) is 25.1 Å². The first-order valence-corrected chi connectivity index (χ1v) is 10.2. The van der Waals surface area contributed by atoms with Gasteiger partial charge >= 0.3 is 5.97 Å². The molecule has 0 fully saturated rings. The zero-order valence-electron chi connectivity index (χ0n) is 16.5. The molecule has 1 aliphatic rings. The smallest absolute Gasteiger partial charge is 0.326 e. The van der Waals surface area contributed by atoms with Gasteiger partial charge in [0.25, 0.3) is 5.91 Å². The van der Waals surface area contributed by atoms with Crippen molar-refractivity contribution in [3.8, 4) is 17.2 Å². The Morgan fingerprint density at radius 1 is 1.17 bits per heavy atom. The molecule has 4 rings (SSSR count). The number of amides is 1. The van der Waals surface area contributed by atoms with Crippen molar-refractivity contribution in [3.63, 3.8) is 0 Å². The van der Waals surface area contributed by atoms with Crippen LogP contribution in [0.2, 0.25) is 0 Å². The molecule has 0 atom stereocenters. The Morgan fingerprint density at radius 2 is 1.93 bits per heavy atom. The zero-order valence-corrected chi connectivity index (χ0v) is 17.4. The maximum Gasteiger partial charge on any atom is 0.326 e. The number of fused-ring (bicyclic) bond motifs is 2. The number of rotatable bonds is 5. The van der Waals surface area contributed by atoms with E-state index in [-0.39, 0.29) is 13.2 Å². The topological polar surface area (TPSA) is 88.4 Å². The van der Waals surface area contributed by atoms with Crippen LogP contribution < -0.4 is 19.0 Å². The van der Waals surface area contributed by atoms with Crippen molar-refractivity contribution in [1.29, 1.82) is 0 Å². The van der Waals surface area contributed by atoms with Crippen LogP contribution in [-0.4, -0.2) is 43.4 Å². The van der Waals surface area contributed by atoms with Crippen molar-refractivity contribution in [2.45, 2.75) is 13.5 Å². The number of thiazole rings is 1. The van der Waals surface area contributed by atoms with Gasteiger partial charge in [-0.3, -0.25) is 9.59 Å². The van der Waals surface area contributed by atoms with Crippen LogP contribution in [0.25, 0.3) is 10.2 Å². The lowest BCUT2D eigenvalue weighted by Crippen LogP contribution is -2.23. The second kappa shape index (κ2) is 8.58. The van der Waals surface area contributed by atoms with Crippen molar-refractivity contribution >= 4 is 33.4 Å². The molecule has 9 heteroatoms. The van der Waals surface area contributed by atoms with Crippen LogP contribution in [0.15, 0.2) is 41.4 Å². The SMILES string of the molecule is CCOC(=O)Cn1c(=NC(=O)c2cccc(OC)c2)sc2cc3c(cc21)OCCO3. The fourth-order valence-corrected chi connectivity index (χ4v) is 4.13. The van der Waals surface area contributed by atoms with Gasteiger partial charge in [0.2, 0.25) is 0 Å². The lowest BCUT2D eigenvalue weighted by molar-refractivity contribution is -0.143. The summed E-state index contributed by atoms with van der Waals surface area (Å²) >= 11 is 1.29. The van der Waals surface area contributed by atoms with E-state index in [1.165, 1.54) is 18.4 Å². The minimum absolute atomic E-state index is 0.0717. The molecule has 0 bridgehead atoms. The highest BCUT2D eigenvalue weighted by molar-refractivity contribution is 7.16. The Kier molecular flexibility index (Phi) is 5.71. The molecule has 3 aromatic rings. The van der Waals surface area contributed by atoms with Crippen LogP contribution in [0.4, 0.5) is 0 Å². The zero-order chi connectivity index (χ0) is 21.1. The molecule has 30 heavy (non-hydrogen) atoms. The highest BCUT2D eigenvalue weighted by atomic mass is 32.1. The normalized spacial score (nSPS) is 13.3. The number of benzene rings is 2. The van der Waals surface area contributed by atoms with Crippen molar-refractivity contribution < 1.29 is 28.5 Å². The molecule has 0 aliphatic carbocycles. The third-order valence-electron chi connectivity index (χ3n) is 4.45. The third kappa shape index (κ3) is 4.02. The Bertz CT molecular complexity index is 1180. The molecule has 0 N–H and O–H groups in total. The summed E-state index contributed by atoms with van der Waals surface area (Å²) in [7, 11) is 1.53. The summed E-state index contributed by atoms with van der Waals surface area (Å²) in [5, 5.41) is 0. The fraction of sp³-hybridized carbons (Fsp3) is 0.286. The minimum atomic E-state index is -0.435. The molecule has 156 valence electrons. The predicted molar refractivity (Wildman–Crippen MR) is 110 cm³/mol. The largest absolute Gasteiger partial charge is 0.497 e. The van der Waals surface area contributed by atoms with Crippen molar-refractivity contribution in [2.75, 3.05) is 26.9 Å². The van der Waals surface area contributed by atoms with Gasteiger partial charge in [0.15, 0.2) is 16.3 Å². The highest BCUT2D eigenvalue weighted by Crippen LogP contribution is 2.35. The van der Waals surface area contributed by atoms with Gasteiger partial charge in [-0.15, -0.1) is 0 Å². The number of nitrogens with zero attached hydrogens (tertiary/aromatic N) is 2. The van der Waals surface area contributed by atoms with E-state index in [0.29, 0.717) is 40.8 Å². The Labute approximate surface area is 176 Å². The maximum atomic E-state index is 12.8. The van der Waals surface area contributed by atoms with E-state index in [4.69, 9.17) is 18.9 Å². The first kappa shape index (κ1) is 20.0. The molecule has 8 nitrogen and oxygen atoms in total. The van der Waals surface area contributed by atoms with Gasteiger partial charge in [0, 0.05) is 17.7 Å². The van der Waals surface area contributed by atoms with Gasteiger partial charge in [0.1, 0.15) is 25.5 Å². The Hall–Kier alpha value is -3.33. The summed E-state index contributed by atoms with van der Waals surface area (Å²) in [6.07, 6.45) is 0. The predicted octanol–water partition coefficient (Wildman–Crippen LogP) is 2.79. The molecule has 0 saturated heterocycles. The first-order chi connectivity index (χ1) is 14.6. The average Bonchev–Trinajstić information content (AvgIpc) is 3.08. The summed E-state index contributed by atoms with van der Waals surface area (Å²) in [4.78, 5) is 29.6. The molecule has 2 heterocycles. The molecule has 1 aromatic heterocycles. The minimum Gasteiger partial charge on any atom is -0.497 e. The van der Waals surface area contributed by atoms with Gasteiger partial charge in [-0.1, -0.05) is 17.4 Å². The fourth-order valence-electron chi connectivity index (χ4n) is 3.09. The van der Waals surface area contributed by atoms with E-state index in [2.05, 4.69) is 4.99 Å². The number of esters is 1. The van der Waals surface area contributed by atoms with E-state index in [1.54, 1.807) is 41.8 Å². The summed E-state index contributed by atoms with van der Waals surface area (Å²) in [5.74, 6) is 0.935. The second-order valence-corrected chi connectivity index (χ2v) is 7.40. The number of hydrogen-bond acceptors (Lipinski definition) is 7. The Morgan fingerprint density at radius 3 is 2.67 bits per heavy atom. The second-order valence-electron chi connectivity index (χ2n) is 6.39. The van der Waals surface area contributed by atoms with Gasteiger partial charge in [-0.25, -0.2) is 0 Å². The van der Waals surface area contributed by atoms with Crippen LogP contribution in [0.5, 0.6) is 17.2 Å². The number of methoxy groups -OCH3 is 1. The van der Waals surface area contributed by atoms with E-state index in [9.17, 15) is 9.59 Å². The van der Waals surface area contributed by atoms with Crippen LogP contribution in [0, 0.1) is 0 Å². The van der Waals surface area contributed by atoms with Gasteiger partial charge < -0.3 is 23.5 Å². The summed E-state index contributed by atoms with van der Waals surface area (Å²) in [6.45, 7) is 2.86. The van der Waals surface area contributed by atoms with E-state index in [0.717, 1.165) is 10.2 Å². The molecule has 1 amide bonds. The number of carbonyl (C=O) groups is 2. The molecule has 2 aromatic carbocycles. The summed E-state index contributed by atoms with van der Waals surface area (Å²) in [6, 6.07) is 10.4. The van der Waals surface area contributed by atoms with Crippen molar-refractivity contribution in [3.05, 3.63) is 46.8 Å². The standard InChI is InChI=1S/C21H20N2O6S/c1-3-27-19(24)12-23-15-10-16-17(29-8-7-28-16)11-18(15)30-21(23)22-20(25)13-5-4-6-14(9-13)26-2/h4-6,9-11H,3,7-8,12H2,1-2H3. The number of carbonyl (C=O) groups excluding carboxylic acids is 2. The third-order valence-corrected chi connectivity index (χ3v) is 5.49. The molecule has 0 radical (unpaired) electrons. The molecule has 1 aliphatic heterocycles. The first-order valence-electron chi connectivity index (χ1n) is 9.40. The monoisotopic (exact) mass is 428 g/mol. The summed E-state index contributed by atoms with van der Waals surface area (Å²) < 4.78 is 24.1. The van der Waals surface area contributed by atoms with Crippen LogP contribution >= 0.6 is 11.3 Å². The average molecular weight is 428 g/mol. The number of aromatic nitrogens is 1. The van der Waals surface area contributed by atoms with Crippen LogP contribution in [0.1, 0.15) is 17.3 Å². The molecular formula is C21H20N2O6S. The summed E-state index contributed by atoms with van der Waals surface area (Å²) in [5.41, 5.74) is 1.11. The van der Waals surface area contributed by atoms with E-state index in [1.807, 2.05) is 6.07 Å². The van der Waals surface area contributed by atoms with Crippen molar-refractivity contribution in [1.82, 2.24) is 4.57 Å². The van der Waals surface area contributed by atoms with Crippen LogP contribution in [0.3, 0.4) is 0 Å². The maximum absolute atomic E-state index is 12.8. The quantitative estimate of drug-likeness (QED) is 0.581. The lowest BCUT2D eigenvalue weighted by Gasteiger charge is -2.18. The lowest BCUT2D eigenvalue weighted by atomic mass is 10.2. The number of hydrogen-bond donors (Lipinski definition) is 0. The highest BCUT2D eigenvalue weighted by Gasteiger charge is 2.18. The molecular weight excluding hydrogens is 408 g/mol. The van der Waals surface area contributed by atoms with Gasteiger partial charge in [-0.2, -0.15) is 4.99 Å².